The second kappa shape index (κ2) is 10.2. The first kappa shape index (κ1) is 26.1. The minimum absolute atomic E-state index is 0.0167. The lowest BCUT2D eigenvalue weighted by Crippen LogP contribution is -2.58. The minimum atomic E-state index is -0.642. The standard InChI is InChI=1S/C26H43N5O4/c1-17(2)21(27-20(32)16-29(5)14-7-13-28(3)4)24(34)30-15-10-19-22(30)26(11-6-12-26)25(35)31(19)23(33)18-8-9-18/h17-19,21-22H,6-16H2,1-5H3,(H,27,32)/t19-,21-,22-/m0/s1. The molecule has 4 aliphatic rings. The number of nitrogens with one attached hydrogen (secondary N) is 1. The van der Waals surface area contributed by atoms with Gasteiger partial charge in [0.2, 0.25) is 23.6 Å². The zero-order valence-corrected chi connectivity index (χ0v) is 22.1. The Bertz CT molecular complexity index is 851. The third kappa shape index (κ3) is 4.99. The van der Waals surface area contributed by atoms with E-state index < -0.39 is 11.5 Å². The largest absolute Gasteiger partial charge is 0.343 e. The van der Waals surface area contributed by atoms with E-state index in [0.29, 0.717) is 13.0 Å². The van der Waals surface area contributed by atoms with Crippen LogP contribution in [0.5, 0.6) is 0 Å². The summed E-state index contributed by atoms with van der Waals surface area (Å²) in [6, 6.07) is -1.12. The molecule has 3 atom stereocenters. The van der Waals surface area contributed by atoms with Crippen molar-refractivity contribution in [3.05, 3.63) is 0 Å². The van der Waals surface area contributed by atoms with Gasteiger partial charge in [0, 0.05) is 12.5 Å². The lowest BCUT2D eigenvalue weighted by molar-refractivity contribution is -0.152. The molecule has 196 valence electrons. The number of carbonyl (C=O) groups is 4. The van der Waals surface area contributed by atoms with E-state index >= 15 is 0 Å². The van der Waals surface area contributed by atoms with E-state index in [1.807, 2.05) is 44.8 Å². The fourth-order valence-corrected chi connectivity index (χ4v) is 6.23. The quantitative estimate of drug-likeness (QED) is 0.459. The lowest BCUT2D eigenvalue weighted by Gasteiger charge is -2.44. The van der Waals surface area contributed by atoms with Gasteiger partial charge in [-0.2, -0.15) is 0 Å². The van der Waals surface area contributed by atoms with Crippen molar-refractivity contribution in [1.82, 2.24) is 24.9 Å². The zero-order chi connectivity index (χ0) is 25.5. The van der Waals surface area contributed by atoms with Gasteiger partial charge in [0.05, 0.1) is 24.0 Å². The number of nitrogens with zero attached hydrogens (tertiary/aromatic N) is 4. The van der Waals surface area contributed by atoms with Crippen molar-refractivity contribution in [2.75, 3.05) is 47.3 Å². The lowest BCUT2D eigenvalue weighted by atomic mass is 9.64. The molecule has 2 saturated heterocycles. The summed E-state index contributed by atoms with van der Waals surface area (Å²) in [5.41, 5.74) is -0.612. The van der Waals surface area contributed by atoms with Crippen molar-refractivity contribution < 1.29 is 19.2 Å². The van der Waals surface area contributed by atoms with Gasteiger partial charge in [-0.15, -0.1) is 0 Å². The molecule has 4 rings (SSSR count). The summed E-state index contributed by atoms with van der Waals surface area (Å²) in [6.07, 6.45) is 5.75. The van der Waals surface area contributed by atoms with Crippen LogP contribution in [0.3, 0.4) is 0 Å². The van der Waals surface area contributed by atoms with Crippen LogP contribution in [0.25, 0.3) is 0 Å². The fourth-order valence-electron chi connectivity index (χ4n) is 6.23. The number of hydrogen-bond donors (Lipinski definition) is 1. The van der Waals surface area contributed by atoms with E-state index in [9.17, 15) is 19.2 Å². The monoisotopic (exact) mass is 489 g/mol. The molecule has 0 radical (unpaired) electrons. The Morgan fingerprint density at radius 2 is 1.77 bits per heavy atom. The molecular weight excluding hydrogens is 446 g/mol. The molecule has 2 saturated carbocycles. The van der Waals surface area contributed by atoms with E-state index in [0.717, 1.165) is 51.6 Å². The van der Waals surface area contributed by atoms with E-state index in [-0.39, 0.29) is 54.1 Å². The molecule has 0 aromatic carbocycles. The van der Waals surface area contributed by atoms with E-state index in [1.165, 1.54) is 0 Å². The smallest absolute Gasteiger partial charge is 0.245 e. The van der Waals surface area contributed by atoms with Gasteiger partial charge in [-0.05, 0) is 78.7 Å². The predicted octanol–water partition coefficient (Wildman–Crippen LogP) is 0.929. The van der Waals surface area contributed by atoms with Crippen molar-refractivity contribution in [2.45, 2.75) is 76.9 Å². The minimum Gasteiger partial charge on any atom is -0.343 e. The van der Waals surface area contributed by atoms with E-state index in [4.69, 9.17) is 0 Å². The second-order valence-electron chi connectivity index (χ2n) is 11.8. The van der Waals surface area contributed by atoms with Crippen LogP contribution >= 0.6 is 0 Å². The maximum atomic E-state index is 13.8. The van der Waals surface area contributed by atoms with Crippen molar-refractivity contribution in [3.8, 4) is 0 Å². The first-order chi connectivity index (χ1) is 16.6. The Labute approximate surface area is 209 Å². The molecule has 0 unspecified atom stereocenters. The fraction of sp³-hybridized carbons (Fsp3) is 0.846. The number of hydrogen-bond acceptors (Lipinski definition) is 6. The molecule has 0 bridgehead atoms. The van der Waals surface area contributed by atoms with Crippen LogP contribution in [0, 0.1) is 17.3 Å². The van der Waals surface area contributed by atoms with Crippen LogP contribution in [-0.4, -0.2) is 109 Å². The summed E-state index contributed by atoms with van der Waals surface area (Å²) in [5, 5.41) is 2.99. The predicted molar refractivity (Wildman–Crippen MR) is 132 cm³/mol. The molecule has 0 aromatic heterocycles. The van der Waals surface area contributed by atoms with Gasteiger partial charge < -0.3 is 15.1 Å². The molecule has 4 fully saturated rings. The maximum absolute atomic E-state index is 13.8. The van der Waals surface area contributed by atoms with E-state index in [1.54, 1.807) is 4.90 Å². The first-order valence-corrected chi connectivity index (χ1v) is 13.4. The molecule has 2 aliphatic heterocycles. The normalized spacial score (nSPS) is 26.0. The second-order valence-corrected chi connectivity index (χ2v) is 11.8. The van der Waals surface area contributed by atoms with Crippen molar-refractivity contribution in [1.29, 1.82) is 0 Å². The Kier molecular flexibility index (Phi) is 7.57. The summed E-state index contributed by atoms with van der Waals surface area (Å²) < 4.78 is 0. The highest BCUT2D eigenvalue weighted by Gasteiger charge is 2.68. The molecule has 2 aliphatic carbocycles. The molecular formula is C26H43N5O4. The third-order valence-corrected chi connectivity index (χ3v) is 8.41. The number of amides is 4. The number of imide groups is 1. The molecule has 9 nitrogen and oxygen atoms in total. The number of carbonyl (C=O) groups excluding carboxylic acids is 4. The molecule has 1 N–H and O–H groups in total. The highest BCUT2D eigenvalue weighted by Crippen LogP contribution is 2.56. The van der Waals surface area contributed by atoms with Gasteiger partial charge in [0.25, 0.3) is 0 Å². The highest BCUT2D eigenvalue weighted by molar-refractivity contribution is 6.04. The summed E-state index contributed by atoms with van der Waals surface area (Å²) in [5.74, 6) is -0.464. The van der Waals surface area contributed by atoms with Crippen LogP contribution in [0.4, 0.5) is 0 Å². The SMILES string of the molecule is CC(C)[C@H](NC(=O)CN(C)CCCN(C)C)C(=O)N1CC[C@H]2[C@H]1C1(CCC1)C(=O)N2C(=O)C1CC1. The van der Waals surface area contributed by atoms with Crippen molar-refractivity contribution in [3.63, 3.8) is 0 Å². The van der Waals surface area contributed by atoms with Crippen LogP contribution in [0.2, 0.25) is 0 Å². The molecule has 4 amide bonds. The van der Waals surface area contributed by atoms with Gasteiger partial charge >= 0.3 is 0 Å². The Hall–Kier alpha value is -2.00. The van der Waals surface area contributed by atoms with Crippen molar-refractivity contribution >= 4 is 23.6 Å². The van der Waals surface area contributed by atoms with Crippen LogP contribution in [-0.2, 0) is 19.2 Å². The molecule has 2 heterocycles. The number of likely N-dealkylation sites (N-methyl/N-ethyl adjacent to an activating group) is 1. The van der Waals surface area contributed by atoms with E-state index in [2.05, 4.69) is 10.2 Å². The summed E-state index contributed by atoms with van der Waals surface area (Å²) in [6.45, 7) is 6.41. The third-order valence-electron chi connectivity index (χ3n) is 8.41. The van der Waals surface area contributed by atoms with Gasteiger partial charge in [-0.1, -0.05) is 20.3 Å². The average Bonchev–Trinajstić information content (AvgIpc) is 3.46. The summed E-state index contributed by atoms with van der Waals surface area (Å²) in [7, 11) is 5.98. The number of likely N-dealkylation sites (tertiary alicyclic amines) is 2. The maximum Gasteiger partial charge on any atom is 0.245 e. The molecule has 1 spiro atoms. The number of rotatable bonds is 10. The Morgan fingerprint density at radius 3 is 2.31 bits per heavy atom. The Balaban J connectivity index is 1.43. The first-order valence-electron chi connectivity index (χ1n) is 13.4. The van der Waals surface area contributed by atoms with Gasteiger partial charge in [0.15, 0.2) is 0 Å². The molecule has 0 aromatic rings. The van der Waals surface area contributed by atoms with Crippen LogP contribution in [0.1, 0.15) is 58.8 Å². The van der Waals surface area contributed by atoms with Gasteiger partial charge in [-0.25, -0.2) is 0 Å². The van der Waals surface area contributed by atoms with Gasteiger partial charge in [-0.3, -0.25) is 29.0 Å². The van der Waals surface area contributed by atoms with Crippen molar-refractivity contribution in [2.24, 2.45) is 17.3 Å². The average molecular weight is 490 g/mol. The van der Waals surface area contributed by atoms with Crippen LogP contribution < -0.4 is 5.32 Å². The zero-order valence-electron chi connectivity index (χ0n) is 22.1. The molecule has 9 heteroatoms. The highest BCUT2D eigenvalue weighted by atomic mass is 16.2. The van der Waals surface area contributed by atoms with Crippen LogP contribution in [0.15, 0.2) is 0 Å². The Morgan fingerprint density at radius 1 is 1.09 bits per heavy atom. The summed E-state index contributed by atoms with van der Waals surface area (Å²) >= 11 is 0. The number of fused-ring (bicyclic) bond motifs is 2. The summed E-state index contributed by atoms with van der Waals surface area (Å²) in [4.78, 5) is 60.6. The topological polar surface area (TPSA) is 93.3 Å². The van der Waals surface area contributed by atoms with Gasteiger partial charge in [0.1, 0.15) is 6.04 Å². The molecule has 35 heavy (non-hydrogen) atoms.